The predicted octanol–water partition coefficient (Wildman–Crippen LogP) is 3.51. The molecule has 0 aliphatic heterocycles. The van der Waals surface area contributed by atoms with Crippen molar-refractivity contribution in [3.63, 3.8) is 0 Å². The lowest BCUT2D eigenvalue weighted by Gasteiger charge is -2.23. The molecule has 1 aromatic heterocycles. The third kappa shape index (κ3) is 7.02. The van der Waals surface area contributed by atoms with Gasteiger partial charge >= 0.3 is 5.97 Å². The number of halogens is 1. The summed E-state index contributed by atoms with van der Waals surface area (Å²) in [6.45, 7) is 4.06. The second-order valence-corrected chi connectivity index (χ2v) is 6.81. The van der Waals surface area contributed by atoms with Gasteiger partial charge in [0.1, 0.15) is 0 Å². The fourth-order valence-electron chi connectivity index (χ4n) is 2.87. The second-order valence-electron chi connectivity index (χ2n) is 6.37. The third-order valence-corrected chi connectivity index (χ3v) is 4.52. The highest BCUT2D eigenvalue weighted by Crippen LogP contribution is 2.15. The molecule has 1 aromatic carbocycles. The van der Waals surface area contributed by atoms with Gasteiger partial charge in [0.2, 0.25) is 5.91 Å². The van der Waals surface area contributed by atoms with Crippen LogP contribution in [-0.2, 0) is 32.2 Å². The maximum atomic E-state index is 12.6. The lowest BCUT2D eigenvalue weighted by molar-refractivity contribution is -0.146. The average molecular weight is 407 g/mol. The number of nitrogens with zero attached hydrogens (tertiary/aromatic N) is 2. The Hall–Kier alpha value is -2.31. The van der Waals surface area contributed by atoms with Crippen LogP contribution in [0.4, 0.5) is 0 Å². The minimum absolute atomic E-state index is 0.0830. The van der Waals surface area contributed by atoms with Gasteiger partial charge in [-0.1, -0.05) is 23.7 Å². The number of benzene rings is 1. The first-order valence-electron chi connectivity index (χ1n) is 9.34. The number of rotatable bonds is 11. The number of carbonyl (C=O) groups excluding carboxylic acids is 2. The first-order chi connectivity index (χ1) is 13.5. The Morgan fingerprint density at radius 1 is 1.18 bits per heavy atom. The molecular weight excluding hydrogens is 380 g/mol. The van der Waals surface area contributed by atoms with E-state index >= 15 is 0 Å². The molecule has 0 fully saturated rings. The number of amides is 1. The van der Waals surface area contributed by atoms with Crippen molar-refractivity contribution in [1.29, 1.82) is 0 Å². The Bertz CT molecular complexity index is 775. The highest BCUT2D eigenvalue weighted by atomic mass is 35.5. The summed E-state index contributed by atoms with van der Waals surface area (Å²) in [5, 5.41) is 0.696. The number of methoxy groups -OCH3 is 1. The lowest BCUT2D eigenvalue weighted by Crippen LogP contribution is -2.34. The van der Waals surface area contributed by atoms with E-state index in [1.165, 1.54) is 0 Å². The highest BCUT2D eigenvalue weighted by Gasteiger charge is 2.17. The maximum Gasteiger partial charge on any atom is 0.306 e. The summed E-state index contributed by atoms with van der Waals surface area (Å²) in [7, 11) is 1.60. The molecule has 1 amide bonds. The van der Waals surface area contributed by atoms with Crippen LogP contribution in [0, 0.1) is 0 Å². The molecule has 0 unspecified atom stereocenters. The summed E-state index contributed by atoms with van der Waals surface area (Å²) in [4.78, 5) is 25.9. The van der Waals surface area contributed by atoms with Gasteiger partial charge in [0.15, 0.2) is 0 Å². The first kappa shape index (κ1) is 22.0. The van der Waals surface area contributed by atoms with Crippen LogP contribution < -0.4 is 0 Å². The Labute approximate surface area is 171 Å². The van der Waals surface area contributed by atoms with Gasteiger partial charge in [-0.3, -0.25) is 9.59 Å². The first-order valence-corrected chi connectivity index (χ1v) is 9.72. The molecule has 0 bridgehead atoms. The quantitative estimate of drug-likeness (QED) is 0.536. The normalized spacial score (nSPS) is 10.7. The average Bonchev–Trinajstić information content (AvgIpc) is 3.10. The van der Waals surface area contributed by atoms with Gasteiger partial charge in [0.05, 0.1) is 26.2 Å². The predicted molar refractivity (Wildman–Crippen MR) is 108 cm³/mol. The number of carbonyl (C=O) groups is 2. The Balaban J connectivity index is 2.04. The van der Waals surface area contributed by atoms with E-state index in [9.17, 15) is 9.59 Å². The Morgan fingerprint density at radius 2 is 2.00 bits per heavy atom. The molecule has 28 heavy (non-hydrogen) atoms. The van der Waals surface area contributed by atoms with E-state index in [0.29, 0.717) is 37.9 Å². The summed E-state index contributed by atoms with van der Waals surface area (Å²) < 4.78 is 12.1. The van der Waals surface area contributed by atoms with Crippen molar-refractivity contribution in [2.75, 3.05) is 26.9 Å². The molecule has 1 heterocycles. The number of hydrogen-bond donors (Lipinski definition) is 0. The van der Waals surface area contributed by atoms with Crippen LogP contribution in [0.2, 0.25) is 5.02 Å². The van der Waals surface area contributed by atoms with Crippen molar-refractivity contribution in [3.05, 3.63) is 58.9 Å². The van der Waals surface area contributed by atoms with Gasteiger partial charge in [0, 0.05) is 43.5 Å². The summed E-state index contributed by atoms with van der Waals surface area (Å²) >= 11 is 6.08. The van der Waals surface area contributed by atoms with Crippen LogP contribution >= 0.6 is 11.6 Å². The molecule has 0 radical (unpaired) electrons. The minimum atomic E-state index is -0.355. The lowest BCUT2D eigenvalue weighted by atomic mass is 10.2. The van der Waals surface area contributed by atoms with E-state index in [4.69, 9.17) is 21.1 Å². The molecule has 0 saturated carbocycles. The standard InChI is InChI=1S/C21H27ClN2O4/c1-3-28-21(26)10-9-20(25)24(12-13-27-2)16-19-8-5-11-23(19)15-17-6-4-7-18(22)14-17/h4-8,11,14H,3,9-10,12-13,15-16H2,1-2H3. The molecule has 0 saturated heterocycles. The maximum absolute atomic E-state index is 12.6. The van der Waals surface area contributed by atoms with Crippen molar-refractivity contribution in [1.82, 2.24) is 9.47 Å². The fourth-order valence-corrected chi connectivity index (χ4v) is 3.08. The van der Waals surface area contributed by atoms with E-state index in [0.717, 1.165) is 11.3 Å². The minimum Gasteiger partial charge on any atom is -0.466 e. The van der Waals surface area contributed by atoms with Crippen LogP contribution in [0.3, 0.4) is 0 Å². The molecule has 2 aromatic rings. The molecule has 0 atom stereocenters. The Morgan fingerprint density at radius 3 is 2.71 bits per heavy atom. The topological polar surface area (TPSA) is 60.8 Å². The smallest absolute Gasteiger partial charge is 0.306 e. The number of aromatic nitrogens is 1. The van der Waals surface area contributed by atoms with E-state index in [1.807, 2.05) is 42.6 Å². The molecule has 152 valence electrons. The summed E-state index contributed by atoms with van der Waals surface area (Å²) in [5.41, 5.74) is 2.09. The van der Waals surface area contributed by atoms with Crippen molar-refractivity contribution < 1.29 is 19.1 Å². The summed E-state index contributed by atoms with van der Waals surface area (Å²) in [6.07, 6.45) is 2.19. The molecule has 0 N–H and O–H groups in total. The van der Waals surface area contributed by atoms with Crippen LogP contribution in [-0.4, -0.2) is 48.2 Å². The fraction of sp³-hybridized carbons (Fsp3) is 0.429. The van der Waals surface area contributed by atoms with Gasteiger partial charge in [-0.25, -0.2) is 0 Å². The molecule has 2 rings (SSSR count). The van der Waals surface area contributed by atoms with Crippen LogP contribution in [0.25, 0.3) is 0 Å². The van der Waals surface area contributed by atoms with Crippen LogP contribution in [0.15, 0.2) is 42.6 Å². The van der Waals surface area contributed by atoms with Crippen LogP contribution in [0.5, 0.6) is 0 Å². The molecular formula is C21H27ClN2O4. The summed E-state index contributed by atoms with van der Waals surface area (Å²) in [6, 6.07) is 11.7. The van der Waals surface area contributed by atoms with Gasteiger partial charge in [-0.15, -0.1) is 0 Å². The number of ether oxygens (including phenoxy) is 2. The van der Waals surface area contributed by atoms with Crippen LogP contribution in [0.1, 0.15) is 31.0 Å². The highest BCUT2D eigenvalue weighted by molar-refractivity contribution is 6.30. The second kappa shape index (κ2) is 11.5. The van der Waals surface area contributed by atoms with Gasteiger partial charge < -0.3 is 18.9 Å². The Kier molecular flexibility index (Phi) is 9.04. The molecule has 7 heteroatoms. The zero-order chi connectivity index (χ0) is 20.4. The van der Waals surface area contributed by atoms with Gasteiger partial charge in [-0.2, -0.15) is 0 Å². The van der Waals surface area contributed by atoms with E-state index in [1.54, 1.807) is 18.9 Å². The number of hydrogen-bond acceptors (Lipinski definition) is 4. The van der Waals surface area contributed by atoms with Gasteiger partial charge in [0.25, 0.3) is 0 Å². The van der Waals surface area contributed by atoms with Crippen molar-refractivity contribution in [3.8, 4) is 0 Å². The molecule has 0 spiro atoms. The zero-order valence-electron chi connectivity index (χ0n) is 16.4. The summed E-state index contributed by atoms with van der Waals surface area (Å²) in [5.74, 6) is -0.451. The number of esters is 1. The van der Waals surface area contributed by atoms with Crippen molar-refractivity contribution in [2.24, 2.45) is 0 Å². The molecule has 6 nitrogen and oxygen atoms in total. The monoisotopic (exact) mass is 406 g/mol. The van der Waals surface area contributed by atoms with E-state index in [2.05, 4.69) is 4.57 Å². The van der Waals surface area contributed by atoms with Crippen molar-refractivity contribution in [2.45, 2.75) is 32.9 Å². The SMILES string of the molecule is CCOC(=O)CCC(=O)N(CCOC)Cc1cccn1Cc1cccc(Cl)c1. The largest absolute Gasteiger partial charge is 0.466 e. The van der Waals surface area contributed by atoms with Gasteiger partial charge in [-0.05, 0) is 36.8 Å². The van der Waals surface area contributed by atoms with E-state index in [-0.39, 0.29) is 24.7 Å². The zero-order valence-corrected chi connectivity index (χ0v) is 17.2. The molecule has 0 aliphatic rings. The van der Waals surface area contributed by atoms with E-state index < -0.39 is 0 Å². The third-order valence-electron chi connectivity index (χ3n) is 4.28. The molecule has 0 aliphatic carbocycles. The van der Waals surface area contributed by atoms with Crippen molar-refractivity contribution >= 4 is 23.5 Å².